The van der Waals surface area contributed by atoms with Gasteiger partial charge in [-0.05, 0) is 36.8 Å². The molecule has 5 heteroatoms. The van der Waals surface area contributed by atoms with Crippen LogP contribution < -0.4 is 4.90 Å². The molecular formula is C24H23N3OS. The number of aryl methyl sites for hydroxylation is 1. The number of aromatic nitrogens is 2. The van der Waals surface area contributed by atoms with Gasteiger partial charge in [-0.25, -0.2) is 4.98 Å². The second-order valence-corrected chi connectivity index (χ2v) is 7.97. The molecule has 0 aliphatic heterocycles. The van der Waals surface area contributed by atoms with E-state index in [9.17, 15) is 4.79 Å². The molecule has 0 spiro atoms. The number of rotatable bonds is 6. The fourth-order valence-electron chi connectivity index (χ4n) is 3.21. The molecule has 1 amide bonds. The zero-order valence-corrected chi connectivity index (χ0v) is 17.4. The summed E-state index contributed by atoms with van der Waals surface area (Å²) in [5.41, 5.74) is 5.39. The summed E-state index contributed by atoms with van der Waals surface area (Å²) in [5, 5.41) is 0.863. The Balaban J connectivity index is 1.56. The van der Waals surface area contributed by atoms with Crippen LogP contribution >= 0.6 is 11.8 Å². The minimum absolute atomic E-state index is 0.0511. The van der Waals surface area contributed by atoms with E-state index in [4.69, 9.17) is 4.98 Å². The molecule has 0 saturated carbocycles. The van der Waals surface area contributed by atoms with Crippen LogP contribution in [0.15, 0.2) is 84.0 Å². The largest absolute Gasteiger partial charge is 0.315 e. The van der Waals surface area contributed by atoms with Crippen molar-refractivity contribution in [3.8, 4) is 0 Å². The second-order valence-electron chi connectivity index (χ2n) is 7.03. The van der Waals surface area contributed by atoms with Gasteiger partial charge in [0, 0.05) is 12.7 Å². The van der Waals surface area contributed by atoms with Crippen molar-refractivity contribution in [2.75, 3.05) is 17.7 Å². The molecule has 0 radical (unpaired) electrons. The lowest BCUT2D eigenvalue weighted by Gasteiger charge is -2.17. The molecule has 29 heavy (non-hydrogen) atoms. The molecule has 0 saturated heterocycles. The summed E-state index contributed by atoms with van der Waals surface area (Å²) >= 11 is 1.49. The normalized spacial score (nSPS) is 11.0. The Kier molecular flexibility index (Phi) is 5.67. The minimum atomic E-state index is 0.0511. The van der Waals surface area contributed by atoms with E-state index in [1.54, 1.807) is 4.90 Å². The van der Waals surface area contributed by atoms with Crippen molar-refractivity contribution >= 4 is 34.4 Å². The number of fused-ring (bicyclic) bond motifs is 1. The first kappa shape index (κ1) is 19.3. The zero-order chi connectivity index (χ0) is 20.2. The number of carbonyl (C=O) groups excluding carboxylic acids is 1. The number of para-hydroxylation sites is 3. The predicted octanol–water partition coefficient (Wildman–Crippen LogP) is 5.15. The van der Waals surface area contributed by atoms with Gasteiger partial charge in [-0.15, -0.1) is 0 Å². The standard InChI is InChI=1S/C24H23N3OS/c1-18-12-14-19(15-13-18)16-27-22-11-7-6-10-21(22)25-24(27)29-17-23(28)26(2)20-8-4-3-5-9-20/h3-15H,16-17H2,1-2H3. The SMILES string of the molecule is Cc1ccc(Cn2c(SCC(=O)N(C)c3ccccc3)nc3ccccc32)cc1. The Hall–Kier alpha value is -3.05. The number of thioether (sulfide) groups is 1. The highest BCUT2D eigenvalue weighted by Crippen LogP contribution is 2.26. The van der Waals surface area contributed by atoms with Crippen LogP contribution in [0, 0.1) is 6.92 Å². The molecule has 0 N–H and O–H groups in total. The van der Waals surface area contributed by atoms with E-state index < -0.39 is 0 Å². The maximum atomic E-state index is 12.7. The second kappa shape index (κ2) is 8.53. The molecule has 0 fully saturated rings. The van der Waals surface area contributed by atoms with E-state index in [1.165, 1.54) is 22.9 Å². The Bertz CT molecular complexity index is 1120. The Morgan fingerprint density at radius 1 is 0.966 bits per heavy atom. The maximum absolute atomic E-state index is 12.7. The van der Waals surface area contributed by atoms with Crippen LogP contribution in [0.4, 0.5) is 5.69 Å². The molecule has 1 aromatic heterocycles. The van der Waals surface area contributed by atoms with Gasteiger partial charge < -0.3 is 9.47 Å². The molecule has 4 nitrogen and oxygen atoms in total. The average molecular weight is 402 g/mol. The van der Waals surface area contributed by atoms with Gasteiger partial charge in [0.15, 0.2) is 5.16 Å². The van der Waals surface area contributed by atoms with E-state index in [0.717, 1.165) is 28.4 Å². The monoisotopic (exact) mass is 401 g/mol. The highest BCUT2D eigenvalue weighted by Gasteiger charge is 2.16. The van der Waals surface area contributed by atoms with Crippen molar-refractivity contribution in [1.29, 1.82) is 0 Å². The van der Waals surface area contributed by atoms with E-state index in [0.29, 0.717) is 5.75 Å². The topological polar surface area (TPSA) is 38.1 Å². The van der Waals surface area contributed by atoms with E-state index in [2.05, 4.69) is 41.8 Å². The molecule has 0 aliphatic rings. The molecular weight excluding hydrogens is 378 g/mol. The lowest BCUT2D eigenvalue weighted by atomic mass is 10.1. The number of amides is 1. The zero-order valence-electron chi connectivity index (χ0n) is 16.6. The first-order chi connectivity index (χ1) is 14.1. The quantitative estimate of drug-likeness (QED) is 0.420. The molecule has 0 unspecified atom stereocenters. The van der Waals surface area contributed by atoms with Gasteiger partial charge in [0.2, 0.25) is 5.91 Å². The number of nitrogens with zero attached hydrogens (tertiary/aromatic N) is 3. The number of imidazole rings is 1. The third-order valence-corrected chi connectivity index (χ3v) is 5.88. The van der Waals surface area contributed by atoms with Gasteiger partial charge in [-0.2, -0.15) is 0 Å². The van der Waals surface area contributed by atoms with Crippen molar-refractivity contribution in [3.05, 3.63) is 90.0 Å². The first-order valence-electron chi connectivity index (χ1n) is 9.57. The summed E-state index contributed by atoms with van der Waals surface area (Å²) in [4.78, 5) is 19.2. The van der Waals surface area contributed by atoms with E-state index in [1.807, 2.05) is 55.6 Å². The van der Waals surface area contributed by atoms with Gasteiger partial charge in [0.25, 0.3) is 0 Å². The van der Waals surface area contributed by atoms with Crippen LogP contribution in [-0.4, -0.2) is 28.3 Å². The number of hydrogen-bond donors (Lipinski definition) is 0. The van der Waals surface area contributed by atoms with Gasteiger partial charge in [0.05, 0.1) is 23.3 Å². The van der Waals surface area contributed by atoms with Crippen LogP contribution in [0.25, 0.3) is 11.0 Å². The fourth-order valence-corrected chi connectivity index (χ4v) is 4.14. The highest BCUT2D eigenvalue weighted by molar-refractivity contribution is 7.99. The van der Waals surface area contributed by atoms with Crippen LogP contribution in [0.3, 0.4) is 0 Å². The Labute approximate surface area is 175 Å². The highest BCUT2D eigenvalue weighted by atomic mass is 32.2. The van der Waals surface area contributed by atoms with Gasteiger partial charge >= 0.3 is 0 Å². The maximum Gasteiger partial charge on any atom is 0.237 e. The molecule has 3 aromatic carbocycles. The summed E-state index contributed by atoms with van der Waals surface area (Å²) in [6.07, 6.45) is 0. The van der Waals surface area contributed by atoms with E-state index in [-0.39, 0.29) is 5.91 Å². The molecule has 4 aromatic rings. The Morgan fingerprint density at radius 2 is 1.66 bits per heavy atom. The summed E-state index contributed by atoms with van der Waals surface area (Å²) in [5.74, 6) is 0.387. The molecule has 0 atom stereocenters. The van der Waals surface area contributed by atoms with Crippen molar-refractivity contribution in [1.82, 2.24) is 9.55 Å². The van der Waals surface area contributed by atoms with Crippen LogP contribution in [-0.2, 0) is 11.3 Å². The van der Waals surface area contributed by atoms with Crippen molar-refractivity contribution in [2.24, 2.45) is 0 Å². The lowest BCUT2D eigenvalue weighted by molar-refractivity contribution is -0.115. The molecule has 146 valence electrons. The lowest BCUT2D eigenvalue weighted by Crippen LogP contribution is -2.27. The molecule has 4 rings (SSSR count). The minimum Gasteiger partial charge on any atom is -0.315 e. The van der Waals surface area contributed by atoms with Crippen molar-refractivity contribution in [3.63, 3.8) is 0 Å². The summed E-state index contributed by atoms with van der Waals surface area (Å²) in [6.45, 7) is 2.82. The van der Waals surface area contributed by atoms with Crippen LogP contribution in [0.1, 0.15) is 11.1 Å². The predicted molar refractivity (Wildman–Crippen MR) is 121 cm³/mol. The molecule has 0 aliphatic carbocycles. The van der Waals surface area contributed by atoms with Gasteiger partial charge in [-0.3, -0.25) is 4.79 Å². The summed E-state index contributed by atoms with van der Waals surface area (Å²) in [6, 6.07) is 26.4. The summed E-state index contributed by atoms with van der Waals surface area (Å²) in [7, 11) is 1.81. The number of hydrogen-bond acceptors (Lipinski definition) is 3. The molecule has 1 heterocycles. The third kappa shape index (κ3) is 4.35. The Morgan fingerprint density at radius 3 is 2.41 bits per heavy atom. The van der Waals surface area contributed by atoms with Crippen LogP contribution in [0.5, 0.6) is 0 Å². The average Bonchev–Trinajstić information content (AvgIpc) is 3.11. The van der Waals surface area contributed by atoms with Crippen molar-refractivity contribution < 1.29 is 4.79 Å². The fraction of sp³-hybridized carbons (Fsp3) is 0.167. The number of carbonyl (C=O) groups is 1. The van der Waals surface area contributed by atoms with E-state index >= 15 is 0 Å². The summed E-state index contributed by atoms with van der Waals surface area (Å²) < 4.78 is 2.19. The van der Waals surface area contributed by atoms with Crippen LogP contribution in [0.2, 0.25) is 0 Å². The number of anilines is 1. The first-order valence-corrected chi connectivity index (χ1v) is 10.6. The van der Waals surface area contributed by atoms with Gasteiger partial charge in [-0.1, -0.05) is 71.9 Å². The third-order valence-electron chi connectivity index (χ3n) is 4.92. The smallest absolute Gasteiger partial charge is 0.237 e. The van der Waals surface area contributed by atoms with Crippen molar-refractivity contribution in [2.45, 2.75) is 18.6 Å². The molecule has 0 bridgehead atoms. The van der Waals surface area contributed by atoms with Gasteiger partial charge in [0.1, 0.15) is 0 Å². The number of benzene rings is 3.